The zero-order valence-electron chi connectivity index (χ0n) is 17.8. The van der Waals surface area contributed by atoms with Crippen LogP contribution in [0.15, 0.2) is 47.5 Å². The molecular weight excluding hydrogens is 430 g/mol. The second-order valence-corrected chi connectivity index (χ2v) is 8.54. The predicted molar refractivity (Wildman–Crippen MR) is 124 cm³/mol. The largest absolute Gasteiger partial charge is 0.383 e. The minimum atomic E-state index is -0.698. The first-order chi connectivity index (χ1) is 15.2. The summed E-state index contributed by atoms with van der Waals surface area (Å²) in [5.74, 6) is -0.190. The van der Waals surface area contributed by atoms with E-state index in [4.69, 9.17) is 22.4 Å². The van der Waals surface area contributed by atoms with Crippen LogP contribution in [0, 0.1) is 6.92 Å². The van der Waals surface area contributed by atoms with Gasteiger partial charge in [0.2, 0.25) is 0 Å². The Morgan fingerprint density at radius 1 is 1.19 bits per heavy atom. The number of nitrogens with two attached hydrogens (primary N) is 1. The topological polar surface area (TPSA) is 132 Å². The van der Waals surface area contributed by atoms with Crippen LogP contribution in [-0.2, 0) is 5.54 Å². The summed E-state index contributed by atoms with van der Waals surface area (Å²) < 4.78 is 1.72. The highest BCUT2D eigenvalue weighted by molar-refractivity contribution is 6.29. The fraction of sp³-hybridized carbons (Fsp3) is 0.227. The standard InChI is InChI=1S/C22H22ClN7O2/c1-12-4-6-13(7-5-12)17-16-18(24)26-11-27-19(16)30(29-17)22(2,3)10-25-20(31)14-8-9-15(23)28-21(14)32/h4-9,11H,10H2,1-3H3,(H,25,31)(H,28,32)(H2,24,26,27). The van der Waals surface area contributed by atoms with Crippen LogP contribution in [0.25, 0.3) is 22.3 Å². The number of nitrogen functional groups attached to an aromatic ring is 1. The number of nitrogens with zero attached hydrogens (tertiary/aromatic N) is 4. The van der Waals surface area contributed by atoms with Crippen molar-refractivity contribution in [2.24, 2.45) is 0 Å². The average Bonchev–Trinajstić information content (AvgIpc) is 3.15. The quantitative estimate of drug-likeness (QED) is 0.400. The molecule has 0 aliphatic heterocycles. The van der Waals surface area contributed by atoms with Crippen molar-refractivity contribution < 1.29 is 4.79 Å². The van der Waals surface area contributed by atoms with Gasteiger partial charge in [0.15, 0.2) is 5.65 Å². The number of fused-ring (bicyclic) bond motifs is 1. The monoisotopic (exact) mass is 451 g/mol. The zero-order chi connectivity index (χ0) is 23.0. The predicted octanol–water partition coefficient (Wildman–Crippen LogP) is 2.89. The summed E-state index contributed by atoms with van der Waals surface area (Å²) in [6.07, 6.45) is 1.39. The number of anilines is 1. The number of halogens is 1. The highest BCUT2D eigenvalue weighted by Crippen LogP contribution is 2.33. The van der Waals surface area contributed by atoms with E-state index in [9.17, 15) is 9.59 Å². The van der Waals surface area contributed by atoms with Crippen molar-refractivity contribution >= 4 is 34.4 Å². The number of nitrogens with one attached hydrogen (secondary N) is 2. The summed E-state index contributed by atoms with van der Waals surface area (Å²) in [4.78, 5) is 35.5. The van der Waals surface area contributed by atoms with Gasteiger partial charge in [0.1, 0.15) is 28.6 Å². The average molecular weight is 452 g/mol. The first-order valence-corrected chi connectivity index (χ1v) is 10.3. The molecule has 32 heavy (non-hydrogen) atoms. The lowest BCUT2D eigenvalue weighted by Gasteiger charge is -2.26. The summed E-state index contributed by atoms with van der Waals surface area (Å²) in [5.41, 5.74) is 8.13. The van der Waals surface area contributed by atoms with Crippen molar-refractivity contribution in [2.45, 2.75) is 26.3 Å². The maximum absolute atomic E-state index is 12.6. The van der Waals surface area contributed by atoms with Crippen molar-refractivity contribution in [3.8, 4) is 11.3 Å². The van der Waals surface area contributed by atoms with Gasteiger partial charge in [-0.3, -0.25) is 9.59 Å². The number of pyridine rings is 1. The van der Waals surface area contributed by atoms with Crippen molar-refractivity contribution in [2.75, 3.05) is 12.3 Å². The molecule has 1 amide bonds. The van der Waals surface area contributed by atoms with Crippen LogP contribution in [0.5, 0.6) is 0 Å². The van der Waals surface area contributed by atoms with Gasteiger partial charge in [0.25, 0.3) is 11.5 Å². The molecule has 0 aliphatic carbocycles. The number of aromatic nitrogens is 5. The van der Waals surface area contributed by atoms with E-state index in [0.29, 0.717) is 22.5 Å². The minimum Gasteiger partial charge on any atom is -0.383 e. The maximum Gasteiger partial charge on any atom is 0.261 e. The zero-order valence-corrected chi connectivity index (χ0v) is 18.6. The van der Waals surface area contributed by atoms with Gasteiger partial charge in [0, 0.05) is 12.1 Å². The molecule has 0 aliphatic rings. The van der Waals surface area contributed by atoms with Gasteiger partial charge in [-0.25, -0.2) is 14.6 Å². The Balaban J connectivity index is 1.70. The number of hydrogen-bond acceptors (Lipinski definition) is 6. The summed E-state index contributed by atoms with van der Waals surface area (Å²) in [6.45, 7) is 6.00. The molecule has 164 valence electrons. The summed E-state index contributed by atoms with van der Waals surface area (Å²) in [6, 6.07) is 10.8. The number of rotatable bonds is 5. The minimum absolute atomic E-state index is 0.0255. The Labute approximate surface area is 188 Å². The molecule has 0 atom stereocenters. The van der Waals surface area contributed by atoms with E-state index in [1.54, 1.807) is 4.68 Å². The third kappa shape index (κ3) is 3.94. The number of benzene rings is 1. The molecule has 4 rings (SSSR count). The van der Waals surface area contributed by atoms with Gasteiger partial charge in [-0.15, -0.1) is 0 Å². The number of carbonyl (C=O) groups excluding carboxylic acids is 1. The van der Waals surface area contributed by atoms with Gasteiger partial charge in [-0.2, -0.15) is 5.10 Å². The molecule has 0 saturated heterocycles. The summed E-state index contributed by atoms with van der Waals surface area (Å²) in [7, 11) is 0. The molecule has 0 radical (unpaired) electrons. The van der Waals surface area contributed by atoms with Crippen LogP contribution in [0.2, 0.25) is 5.15 Å². The summed E-state index contributed by atoms with van der Waals surface area (Å²) in [5, 5.41) is 8.40. The van der Waals surface area contributed by atoms with Gasteiger partial charge in [-0.05, 0) is 32.9 Å². The van der Waals surface area contributed by atoms with Crippen LogP contribution in [-0.4, -0.2) is 37.2 Å². The van der Waals surface area contributed by atoms with Crippen LogP contribution >= 0.6 is 11.6 Å². The van der Waals surface area contributed by atoms with E-state index >= 15 is 0 Å². The molecule has 9 nitrogen and oxygen atoms in total. The molecule has 3 heterocycles. The second kappa shape index (κ2) is 8.08. The third-order valence-corrected chi connectivity index (χ3v) is 5.41. The molecule has 10 heteroatoms. The molecular formula is C22H22ClN7O2. The number of carbonyl (C=O) groups is 1. The Morgan fingerprint density at radius 2 is 1.91 bits per heavy atom. The molecule has 1 aromatic carbocycles. The first kappa shape index (κ1) is 21.5. The lowest BCUT2D eigenvalue weighted by Crippen LogP contribution is -2.42. The maximum atomic E-state index is 12.6. The van der Waals surface area contributed by atoms with Crippen LogP contribution in [0.1, 0.15) is 29.8 Å². The van der Waals surface area contributed by atoms with Crippen molar-refractivity contribution in [1.82, 2.24) is 30.0 Å². The normalized spacial score (nSPS) is 11.6. The summed E-state index contributed by atoms with van der Waals surface area (Å²) >= 11 is 5.76. The molecule has 3 aromatic heterocycles. The second-order valence-electron chi connectivity index (χ2n) is 8.13. The number of hydrogen-bond donors (Lipinski definition) is 3. The fourth-order valence-corrected chi connectivity index (χ4v) is 3.55. The Hall–Kier alpha value is -3.72. The van der Waals surface area contributed by atoms with E-state index in [2.05, 4.69) is 20.3 Å². The van der Waals surface area contributed by atoms with Gasteiger partial charge in [-0.1, -0.05) is 41.4 Å². The highest BCUT2D eigenvalue weighted by Gasteiger charge is 2.28. The lowest BCUT2D eigenvalue weighted by atomic mass is 10.1. The van der Waals surface area contributed by atoms with Crippen molar-refractivity contribution in [3.63, 3.8) is 0 Å². The lowest BCUT2D eigenvalue weighted by molar-refractivity contribution is 0.0935. The highest BCUT2D eigenvalue weighted by atomic mass is 35.5. The number of amides is 1. The van der Waals surface area contributed by atoms with Crippen LogP contribution in [0.4, 0.5) is 5.82 Å². The molecule has 0 saturated carbocycles. The van der Waals surface area contributed by atoms with E-state index in [1.165, 1.54) is 18.5 Å². The van der Waals surface area contributed by atoms with Gasteiger partial charge >= 0.3 is 0 Å². The first-order valence-electron chi connectivity index (χ1n) is 9.91. The Kier molecular flexibility index (Phi) is 5.43. The number of aryl methyl sites for hydroxylation is 1. The Morgan fingerprint density at radius 3 is 2.59 bits per heavy atom. The molecule has 4 aromatic rings. The molecule has 0 fully saturated rings. The van der Waals surface area contributed by atoms with Crippen LogP contribution < -0.4 is 16.6 Å². The van der Waals surface area contributed by atoms with Crippen LogP contribution in [0.3, 0.4) is 0 Å². The van der Waals surface area contributed by atoms with Gasteiger partial charge in [0.05, 0.1) is 10.9 Å². The molecule has 0 unspecified atom stereocenters. The SMILES string of the molecule is Cc1ccc(-c2nn(C(C)(C)CNC(=O)c3ccc(Cl)[nH]c3=O)c3ncnc(N)c23)cc1. The fourth-order valence-electron chi connectivity index (χ4n) is 3.41. The van der Waals surface area contributed by atoms with E-state index in [1.807, 2.05) is 45.0 Å². The van der Waals surface area contributed by atoms with E-state index in [0.717, 1.165) is 11.1 Å². The molecule has 0 spiro atoms. The van der Waals surface area contributed by atoms with Crippen molar-refractivity contribution in [1.29, 1.82) is 0 Å². The van der Waals surface area contributed by atoms with Gasteiger partial charge < -0.3 is 16.0 Å². The number of aromatic amines is 1. The Bertz CT molecular complexity index is 1370. The van der Waals surface area contributed by atoms with E-state index < -0.39 is 17.0 Å². The van der Waals surface area contributed by atoms with Crippen molar-refractivity contribution in [3.05, 3.63) is 69.4 Å². The number of H-pyrrole nitrogens is 1. The molecule has 4 N–H and O–H groups in total. The smallest absolute Gasteiger partial charge is 0.261 e. The third-order valence-electron chi connectivity index (χ3n) is 5.19. The van der Waals surface area contributed by atoms with E-state index in [-0.39, 0.29) is 17.3 Å². The molecule has 0 bridgehead atoms.